The molecule has 0 bridgehead atoms. The fraction of sp³-hybridized carbons (Fsp3) is 1.00. The monoisotopic (exact) mass is 327 g/mol. The molecule has 1 saturated heterocycles. The molecule has 0 spiro atoms. The van der Waals surface area contributed by atoms with E-state index in [1.165, 1.54) is 51.4 Å². The molecule has 0 aromatic rings. The third-order valence-electron chi connectivity index (χ3n) is 5.20. The van der Waals surface area contributed by atoms with Gasteiger partial charge in [-0.2, -0.15) is 5.06 Å². The van der Waals surface area contributed by atoms with Gasteiger partial charge in [-0.15, -0.1) is 0 Å². The minimum Gasteiger partial charge on any atom is -0.330 e. The van der Waals surface area contributed by atoms with Gasteiger partial charge in [0.25, 0.3) is 0 Å². The highest BCUT2D eigenvalue weighted by Gasteiger charge is 2.44. The van der Waals surface area contributed by atoms with Crippen molar-refractivity contribution in [3.05, 3.63) is 0 Å². The van der Waals surface area contributed by atoms with Gasteiger partial charge in [0.15, 0.2) is 0 Å². The third kappa shape index (κ3) is 7.51. The Morgan fingerprint density at radius 1 is 0.870 bits per heavy atom. The predicted octanol–water partition coefficient (Wildman–Crippen LogP) is 4.07. The van der Waals surface area contributed by atoms with Gasteiger partial charge in [0, 0.05) is 17.1 Å². The Hall–Kier alpha value is -0.160. The first-order valence-corrected chi connectivity index (χ1v) is 9.72. The summed E-state index contributed by atoms with van der Waals surface area (Å²) < 4.78 is 0. The van der Waals surface area contributed by atoms with E-state index in [4.69, 9.17) is 5.73 Å². The minimum atomic E-state index is -0.150. The van der Waals surface area contributed by atoms with Crippen LogP contribution < -0.4 is 11.1 Å². The molecule has 4 nitrogen and oxygen atoms in total. The molecule has 1 heterocycles. The highest BCUT2D eigenvalue weighted by Crippen LogP contribution is 2.36. The molecule has 0 aliphatic carbocycles. The van der Waals surface area contributed by atoms with Crippen molar-refractivity contribution in [1.29, 1.82) is 0 Å². The summed E-state index contributed by atoms with van der Waals surface area (Å²) in [5.41, 5.74) is 5.20. The molecule has 4 N–H and O–H groups in total. The van der Waals surface area contributed by atoms with Gasteiger partial charge in [-0.1, -0.05) is 38.5 Å². The standard InChI is InChI=1S/C19H41N3O/c1-18(2)15-17(16-19(3,4)22(18)23)21-14-12-10-8-6-5-7-9-11-13-20/h17,21,23H,5-16,20H2,1-4H3. The second-order valence-electron chi connectivity index (χ2n) is 8.61. The van der Waals surface area contributed by atoms with Gasteiger partial charge in [0.1, 0.15) is 0 Å². The fourth-order valence-electron chi connectivity index (χ4n) is 4.05. The van der Waals surface area contributed by atoms with E-state index in [9.17, 15) is 5.21 Å². The maximum absolute atomic E-state index is 10.3. The quantitative estimate of drug-likeness (QED) is 0.501. The topological polar surface area (TPSA) is 61.5 Å². The van der Waals surface area contributed by atoms with Crippen LogP contribution in [0.25, 0.3) is 0 Å². The van der Waals surface area contributed by atoms with Crippen LogP contribution in [0.1, 0.15) is 91.9 Å². The van der Waals surface area contributed by atoms with Crippen molar-refractivity contribution in [2.45, 2.75) is 109 Å². The summed E-state index contributed by atoms with van der Waals surface area (Å²) in [5.74, 6) is 0. The first-order chi connectivity index (χ1) is 10.8. The number of hydrogen-bond donors (Lipinski definition) is 3. The van der Waals surface area contributed by atoms with E-state index in [-0.39, 0.29) is 11.1 Å². The van der Waals surface area contributed by atoms with Crippen LogP contribution in [0, 0.1) is 0 Å². The van der Waals surface area contributed by atoms with Crippen molar-refractivity contribution in [2.24, 2.45) is 5.73 Å². The normalized spacial score (nSPS) is 21.7. The van der Waals surface area contributed by atoms with Crippen LogP contribution in [0.3, 0.4) is 0 Å². The van der Waals surface area contributed by atoms with Crippen molar-refractivity contribution in [2.75, 3.05) is 13.1 Å². The van der Waals surface area contributed by atoms with Crippen LogP contribution in [-0.2, 0) is 0 Å². The summed E-state index contributed by atoms with van der Waals surface area (Å²) in [6, 6.07) is 0.514. The number of rotatable bonds is 11. The Labute approximate surface area is 144 Å². The zero-order valence-electron chi connectivity index (χ0n) is 16.0. The molecule has 1 aliphatic rings. The lowest BCUT2D eigenvalue weighted by atomic mass is 9.79. The van der Waals surface area contributed by atoms with E-state index in [1.807, 2.05) is 0 Å². The predicted molar refractivity (Wildman–Crippen MR) is 98.8 cm³/mol. The smallest absolute Gasteiger partial charge is 0.0425 e. The zero-order chi connectivity index (χ0) is 17.3. The minimum absolute atomic E-state index is 0.150. The number of piperidine rings is 1. The first-order valence-electron chi connectivity index (χ1n) is 9.72. The Bertz CT molecular complexity index is 300. The van der Waals surface area contributed by atoms with E-state index in [0.717, 1.165) is 25.9 Å². The highest BCUT2D eigenvalue weighted by molar-refractivity contribution is 4.98. The number of nitrogens with zero attached hydrogens (tertiary/aromatic N) is 1. The average molecular weight is 328 g/mol. The molecule has 0 aromatic heterocycles. The summed E-state index contributed by atoms with van der Waals surface area (Å²) in [7, 11) is 0. The molecule has 1 fully saturated rings. The first kappa shape index (κ1) is 20.9. The van der Waals surface area contributed by atoms with Gasteiger partial charge >= 0.3 is 0 Å². The van der Waals surface area contributed by atoms with Crippen molar-refractivity contribution < 1.29 is 5.21 Å². The SMILES string of the molecule is CC1(C)CC(NCCCCCCCCCCN)CC(C)(C)N1O. The Morgan fingerprint density at radius 2 is 1.30 bits per heavy atom. The molecule has 4 heteroatoms. The zero-order valence-corrected chi connectivity index (χ0v) is 16.0. The number of nitrogens with one attached hydrogen (secondary N) is 1. The van der Waals surface area contributed by atoms with E-state index in [0.29, 0.717) is 6.04 Å². The van der Waals surface area contributed by atoms with Crippen LogP contribution in [0.2, 0.25) is 0 Å². The lowest BCUT2D eigenvalue weighted by molar-refractivity contribution is -0.246. The second kappa shape index (κ2) is 9.97. The number of unbranched alkanes of at least 4 members (excludes halogenated alkanes) is 7. The molecule has 138 valence electrons. The van der Waals surface area contributed by atoms with Crippen molar-refractivity contribution in [3.8, 4) is 0 Å². The van der Waals surface area contributed by atoms with E-state index in [2.05, 4.69) is 33.0 Å². The Balaban J connectivity index is 2.08. The van der Waals surface area contributed by atoms with Gasteiger partial charge in [0.2, 0.25) is 0 Å². The summed E-state index contributed by atoms with van der Waals surface area (Å²) in [6.07, 6.45) is 12.5. The van der Waals surface area contributed by atoms with Gasteiger partial charge in [-0.3, -0.25) is 0 Å². The number of hydrogen-bond acceptors (Lipinski definition) is 4. The highest BCUT2D eigenvalue weighted by atomic mass is 16.5. The maximum atomic E-state index is 10.3. The molecular formula is C19H41N3O. The van der Waals surface area contributed by atoms with Crippen LogP contribution in [0.15, 0.2) is 0 Å². The van der Waals surface area contributed by atoms with Crippen LogP contribution in [0.5, 0.6) is 0 Å². The molecule has 0 saturated carbocycles. The second-order valence-corrected chi connectivity index (χ2v) is 8.61. The van der Waals surface area contributed by atoms with E-state index >= 15 is 0 Å². The Kier molecular flexibility index (Phi) is 9.06. The van der Waals surface area contributed by atoms with Crippen molar-refractivity contribution in [3.63, 3.8) is 0 Å². The summed E-state index contributed by atoms with van der Waals surface area (Å²) >= 11 is 0. The van der Waals surface area contributed by atoms with Crippen LogP contribution in [-0.4, -0.2) is 40.5 Å². The fourth-order valence-corrected chi connectivity index (χ4v) is 4.05. The summed E-state index contributed by atoms with van der Waals surface area (Å²) in [6.45, 7) is 10.5. The molecule has 0 atom stereocenters. The largest absolute Gasteiger partial charge is 0.330 e. The molecular weight excluding hydrogens is 286 g/mol. The van der Waals surface area contributed by atoms with Crippen molar-refractivity contribution >= 4 is 0 Å². The van der Waals surface area contributed by atoms with Crippen LogP contribution in [0.4, 0.5) is 0 Å². The van der Waals surface area contributed by atoms with Gasteiger partial charge < -0.3 is 16.3 Å². The molecule has 1 aliphatic heterocycles. The number of hydroxylamine groups is 2. The van der Waals surface area contributed by atoms with E-state index in [1.54, 1.807) is 5.06 Å². The van der Waals surface area contributed by atoms with Gasteiger partial charge in [0.05, 0.1) is 0 Å². The summed E-state index contributed by atoms with van der Waals surface area (Å²) in [5, 5.41) is 15.6. The molecule has 0 unspecified atom stereocenters. The molecule has 0 amide bonds. The molecule has 23 heavy (non-hydrogen) atoms. The molecule has 0 radical (unpaired) electrons. The molecule has 1 rings (SSSR count). The van der Waals surface area contributed by atoms with Crippen LogP contribution >= 0.6 is 0 Å². The van der Waals surface area contributed by atoms with E-state index < -0.39 is 0 Å². The summed E-state index contributed by atoms with van der Waals surface area (Å²) in [4.78, 5) is 0. The van der Waals surface area contributed by atoms with Gasteiger partial charge in [-0.25, -0.2) is 0 Å². The van der Waals surface area contributed by atoms with Gasteiger partial charge in [-0.05, 0) is 66.5 Å². The number of nitrogens with two attached hydrogens (primary N) is 1. The Morgan fingerprint density at radius 3 is 1.78 bits per heavy atom. The molecule has 0 aromatic carbocycles. The lowest BCUT2D eigenvalue weighted by Crippen LogP contribution is -2.62. The van der Waals surface area contributed by atoms with Crippen molar-refractivity contribution in [1.82, 2.24) is 10.4 Å². The average Bonchev–Trinajstić information content (AvgIpc) is 2.46. The third-order valence-corrected chi connectivity index (χ3v) is 5.20. The lowest BCUT2D eigenvalue weighted by Gasteiger charge is -2.51. The maximum Gasteiger partial charge on any atom is 0.0425 e.